The number of hydrogen-bond acceptors (Lipinski definition) is 6. The van der Waals surface area contributed by atoms with Gasteiger partial charge in [0.25, 0.3) is 0 Å². The molecule has 0 bridgehead atoms. The van der Waals surface area contributed by atoms with Gasteiger partial charge in [-0.25, -0.2) is 4.98 Å². The first kappa shape index (κ1) is 16.9. The van der Waals surface area contributed by atoms with Crippen molar-refractivity contribution in [1.82, 2.24) is 29.9 Å². The number of H-pyrrole nitrogens is 1. The summed E-state index contributed by atoms with van der Waals surface area (Å²) >= 11 is 0. The van der Waals surface area contributed by atoms with Crippen molar-refractivity contribution in [3.05, 3.63) is 42.9 Å². The first-order chi connectivity index (χ1) is 13.7. The lowest BCUT2D eigenvalue weighted by Gasteiger charge is -2.34. The van der Waals surface area contributed by atoms with Gasteiger partial charge in [-0.15, -0.1) is 0 Å². The van der Waals surface area contributed by atoms with Crippen LogP contribution in [0.5, 0.6) is 0 Å². The van der Waals surface area contributed by atoms with E-state index in [4.69, 9.17) is 9.72 Å². The van der Waals surface area contributed by atoms with E-state index in [2.05, 4.69) is 38.2 Å². The number of nitrogens with zero attached hydrogens (tertiary/aromatic N) is 6. The minimum atomic E-state index is 0.255. The van der Waals surface area contributed by atoms with Crippen LogP contribution in [0.3, 0.4) is 0 Å². The monoisotopic (exact) mass is 375 g/mol. The van der Waals surface area contributed by atoms with Crippen LogP contribution < -0.4 is 4.90 Å². The van der Waals surface area contributed by atoms with Crippen molar-refractivity contribution in [3.63, 3.8) is 0 Å². The molecule has 0 unspecified atom stereocenters. The number of aromatic nitrogens is 6. The molecule has 142 valence electrons. The number of anilines is 1. The van der Waals surface area contributed by atoms with E-state index in [0.717, 1.165) is 45.9 Å². The molecule has 1 aliphatic heterocycles. The minimum Gasteiger partial charge on any atom is -0.377 e. The third-order valence-corrected chi connectivity index (χ3v) is 5.23. The van der Waals surface area contributed by atoms with Crippen LogP contribution in [-0.2, 0) is 11.8 Å². The van der Waals surface area contributed by atoms with Crippen molar-refractivity contribution in [2.75, 3.05) is 24.7 Å². The predicted molar refractivity (Wildman–Crippen MR) is 107 cm³/mol. The minimum absolute atomic E-state index is 0.255. The smallest absolute Gasteiger partial charge is 0.130 e. The Kier molecular flexibility index (Phi) is 4.05. The largest absolute Gasteiger partial charge is 0.377 e. The summed E-state index contributed by atoms with van der Waals surface area (Å²) in [5.74, 6) is 0.924. The molecule has 8 nitrogen and oxygen atoms in total. The van der Waals surface area contributed by atoms with Gasteiger partial charge in [-0.3, -0.25) is 14.8 Å². The second-order valence-electron chi connectivity index (χ2n) is 7.01. The molecule has 4 aromatic rings. The number of morpholine rings is 1. The Labute approximate surface area is 162 Å². The van der Waals surface area contributed by atoms with Crippen LogP contribution >= 0.6 is 0 Å². The molecule has 28 heavy (non-hydrogen) atoms. The average Bonchev–Trinajstić information content (AvgIpc) is 3.39. The number of rotatable bonds is 3. The van der Waals surface area contributed by atoms with Crippen LogP contribution in [0.1, 0.15) is 6.92 Å². The summed E-state index contributed by atoms with van der Waals surface area (Å²) in [5, 5.41) is 12.5. The van der Waals surface area contributed by atoms with Gasteiger partial charge < -0.3 is 9.64 Å². The molecule has 0 aromatic carbocycles. The number of aromatic amines is 1. The van der Waals surface area contributed by atoms with Gasteiger partial charge >= 0.3 is 0 Å². The maximum Gasteiger partial charge on any atom is 0.130 e. The highest BCUT2D eigenvalue weighted by molar-refractivity contribution is 6.01. The van der Waals surface area contributed by atoms with Gasteiger partial charge in [0.15, 0.2) is 0 Å². The molecule has 4 aromatic heterocycles. The van der Waals surface area contributed by atoms with Crippen LogP contribution in [0.4, 0.5) is 5.82 Å². The lowest BCUT2D eigenvalue weighted by atomic mass is 10.0. The zero-order chi connectivity index (χ0) is 19.1. The number of fused-ring (bicyclic) bond motifs is 1. The fraction of sp³-hybridized carbons (Fsp3) is 0.300. The summed E-state index contributed by atoms with van der Waals surface area (Å²) in [7, 11) is 1.95. The summed E-state index contributed by atoms with van der Waals surface area (Å²) in [6, 6.07) is 8.36. The summed E-state index contributed by atoms with van der Waals surface area (Å²) in [4.78, 5) is 11.9. The molecule has 0 radical (unpaired) electrons. The van der Waals surface area contributed by atoms with E-state index in [-0.39, 0.29) is 6.04 Å². The van der Waals surface area contributed by atoms with Crippen LogP contribution in [0.2, 0.25) is 0 Å². The fourth-order valence-corrected chi connectivity index (χ4v) is 3.79. The van der Waals surface area contributed by atoms with Crippen molar-refractivity contribution in [2.45, 2.75) is 13.0 Å². The SMILES string of the molecule is C[C@@H]1COCCN1c1cc(-c2ccnn2C)c2ccnc(-c3ccn[nH]3)c2n1. The van der Waals surface area contributed by atoms with Crippen molar-refractivity contribution in [1.29, 1.82) is 0 Å². The topological polar surface area (TPSA) is 84.8 Å². The molecule has 0 spiro atoms. The predicted octanol–water partition coefficient (Wildman–Crippen LogP) is 2.65. The Morgan fingerprint density at radius 3 is 2.86 bits per heavy atom. The Hall–Kier alpha value is -3.26. The van der Waals surface area contributed by atoms with E-state index in [1.165, 1.54) is 0 Å². The van der Waals surface area contributed by atoms with E-state index in [1.54, 1.807) is 6.20 Å². The Balaban J connectivity index is 1.79. The zero-order valence-corrected chi connectivity index (χ0v) is 15.8. The number of ether oxygens (including phenoxy) is 1. The molecule has 1 fully saturated rings. The van der Waals surface area contributed by atoms with Gasteiger partial charge in [-0.05, 0) is 31.2 Å². The third-order valence-electron chi connectivity index (χ3n) is 5.23. The molecule has 1 aliphatic rings. The van der Waals surface area contributed by atoms with E-state index >= 15 is 0 Å². The fourth-order valence-electron chi connectivity index (χ4n) is 3.79. The van der Waals surface area contributed by atoms with Gasteiger partial charge in [-0.1, -0.05) is 0 Å². The van der Waals surface area contributed by atoms with Crippen LogP contribution in [0.25, 0.3) is 33.5 Å². The lowest BCUT2D eigenvalue weighted by molar-refractivity contribution is 0.0986. The molecule has 1 N–H and O–H groups in total. The van der Waals surface area contributed by atoms with E-state index in [1.807, 2.05) is 42.3 Å². The van der Waals surface area contributed by atoms with Crippen LogP contribution in [0.15, 0.2) is 42.9 Å². The molecule has 8 heteroatoms. The van der Waals surface area contributed by atoms with Crippen LogP contribution in [-0.4, -0.2) is 55.7 Å². The summed E-state index contributed by atoms with van der Waals surface area (Å²) in [5.41, 5.74) is 4.61. The Morgan fingerprint density at radius 2 is 2.11 bits per heavy atom. The van der Waals surface area contributed by atoms with Crippen LogP contribution in [0, 0.1) is 0 Å². The third kappa shape index (κ3) is 2.73. The first-order valence-corrected chi connectivity index (χ1v) is 9.34. The molecule has 5 rings (SSSR count). The molecule has 1 atom stereocenters. The lowest BCUT2D eigenvalue weighted by Crippen LogP contribution is -2.44. The first-order valence-electron chi connectivity index (χ1n) is 9.34. The summed E-state index contributed by atoms with van der Waals surface area (Å²) in [6.45, 7) is 4.37. The Morgan fingerprint density at radius 1 is 1.18 bits per heavy atom. The van der Waals surface area contributed by atoms with Crippen molar-refractivity contribution >= 4 is 16.7 Å². The molecule has 0 saturated carbocycles. The quantitative estimate of drug-likeness (QED) is 0.593. The summed E-state index contributed by atoms with van der Waals surface area (Å²) < 4.78 is 7.50. The number of hydrogen-bond donors (Lipinski definition) is 1. The number of aryl methyl sites for hydroxylation is 1. The van der Waals surface area contributed by atoms with E-state index < -0.39 is 0 Å². The van der Waals surface area contributed by atoms with E-state index in [9.17, 15) is 0 Å². The van der Waals surface area contributed by atoms with Gasteiger partial charge in [0.1, 0.15) is 17.0 Å². The Bertz CT molecular complexity index is 1120. The second-order valence-corrected chi connectivity index (χ2v) is 7.01. The van der Waals surface area contributed by atoms with Gasteiger partial charge in [0, 0.05) is 43.1 Å². The molecular weight excluding hydrogens is 354 g/mol. The highest BCUT2D eigenvalue weighted by atomic mass is 16.5. The standard InChI is InChI=1S/C20H21N7O/c1-13-12-28-10-9-27(13)18-11-15(17-5-8-23-26(17)2)14-3-6-21-20(19(14)24-18)16-4-7-22-25-16/h3-8,11,13H,9-10,12H2,1-2H3,(H,22,25)/t13-/m1/s1. The van der Waals surface area contributed by atoms with Crippen molar-refractivity contribution < 1.29 is 4.74 Å². The van der Waals surface area contributed by atoms with Crippen molar-refractivity contribution in [3.8, 4) is 22.6 Å². The van der Waals surface area contributed by atoms with Gasteiger partial charge in [0.05, 0.1) is 30.6 Å². The molecule has 0 aliphatic carbocycles. The maximum atomic E-state index is 5.62. The average molecular weight is 375 g/mol. The van der Waals surface area contributed by atoms with Gasteiger partial charge in [-0.2, -0.15) is 10.2 Å². The highest BCUT2D eigenvalue weighted by Crippen LogP contribution is 2.35. The molecule has 1 saturated heterocycles. The molecular formula is C20H21N7O. The normalized spacial score (nSPS) is 17.4. The summed E-state index contributed by atoms with van der Waals surface area (Å²) in [6.07, 6.45) is 5.36. The number of pyridine rings is 2. The van der Waals surface area contributed by atoms with E-state index in [0.29, 0.717) is 13.2 Å². The highest BCUT2D eigenvalue weighted by Gasteiger charge is 2.23. The molecule has 5 heterocycles. The maximum absolute atomic E-state index is 5.62. The second kappa shape index (κ2) is 6.72. The number of nitrogens with one attached hydrogen (secondary N) is 1. The van der Waals surface area contributed by atoms with Gasteiger partial charge in [0.2, 0.25) is 0 Å². The van der Waals surface area contributed by atoms with Crippen molar-refractivity contribution in [2.24, 2.45) is 7.05 Å². The molecule has 0 amide bonds. The zero-order valence-electron chi connectivity index (χ0n) is 15.8.